The highest BCUT2D eigenvalue weighted by molar-refractivity contribution is 6.31. The molecule has 1 aliphatic rings. The third-order valence-electron chi connectivity index (χ3n) is 5.63. The van der Waals surface area contributed by atoms with Crippen LogP contribution in [0.3, 0.4) is 0 Å². The average Bonchev–Trinajstić information content (AvgIpc) is 2.80. The summed E-state index contributed by atoms with van der Waals surface area (Å²) in [6.45, 7) is 4.37. The number of hydrogen-bond acceptors (Lipinski definition) is 6. The Morgan fingerprint density at radius 2 is 1.58 bits per heavy atom. The van der Waals surface area contributed by atoms with E-state index in [1.54, 1.807) is 19.2 Å². The zero-order valence-electron chi connectivity index (χ0n) is 18.0. The standard InChI is InChI=1S/C23H28ClN3O4/c1-16(22(28)25-19-10-6-7-11-20(19)30-2)26-12-14-27(15-13-26)21(23(29)31-3)17-8-4-5-9-18(17)24/h4-11,16,21H,12-15H2,1-3H3,(H,25,28). The zero-order chi connectivity index (χ0) is 22.4. The maximum absolute atomic E-state index is 12.8. The van der Waals surface area contributed by atoms with Crippen LogP contribution in [-0.2, 0) is 14.3 Å². The molecule has 31 heavy (non-hydrogen) atoms. The predicted octanol–water partition coefficient (Wildman–Crippen LogP) is 3.21. The van der Waals surface area contributed by atoms with E-state index in [1.807, 2.05) is 48.2 Å². The van der Waals surface area contributed by atoms with Gasteiger partial charge < -0.3 is 14.8 Å². The molecule has 0 saturated carbocycles. The molecule has 2 aromatic rings. The molecule has 3 rings (SSSR count). The minimum absolute atomic E-state index is 0.103. The molecule has 1 fully saturated rings. The van der Waals surface area contributed by atoms with Crippen LogP contribution in [-0.4, -0.2) is 68.1 Å². The van der Waals surface area contributed by atoms with Crippen LogP contribution in [0, 0.1) is 0 Å². The summed E-state index contributed by atoms with van der Waals surface area (Å²) in [4.78, 5) is 29.5. The first kappa shape index (κ1) is 23.1. The van der Waals surface area contributed by atoms with Gasteiger partial charge in [-0.1, -0.05) is 41.9 Å². The van der Waals surface area contributed by atoms with Gasteiger partial charge in [0.2, 0.25) is 5.91 Å². The molecular formula is C23H28ClN3O4. The quantitative estimate of drug-likeness (QED) is 0.660. The fourth-order valence-corrected chi connectivity index (χ4v) is 4.05. The molecule has 1 N–H and O–H groups in total. The SMILES string of the molecule is COC(=O)C(c1ccccc1Cl)N1CCN(C(C)C(=O)Nc2ccccc2OC)CC1. The molecule has 7 nitrogen and oxygen atoms in total. The van der Waals surface area contributed by atoms with Crippen molar-refractivity contribution in [2.75, 3.05) is 45.7 Å². The summed E-state index contributed by atoms with van der Waals surface area (Å²) in [6.07, 6.45) is 0. The third-order valence-corrected chi connectivity index (χ3v) is 5.97. The van der Waals surface area contributed by atoms with Gasteiger partial charge in [-0.05, 0) is 30.7 Å². The molecule has 1 heterocycles. The number of hydrogen-bond donors (Lipinski definition) is 1. The van der Waals surface area contributed by atoms with Crippen LogP contribution in [0.2, 0.25) is 5.02 Å². The van der Waals surface area contributed by atoms with Crippen molar-refractivity contribution in [2.24, 2.45) is 0 Å². The number of anilines is 1. The highest BCUT2D eigenvalue weighted by Crippen LogP contribution is 2.30. The lowest BCUT2D eigenvalue weighted by molar-refractivity contribution is -0.148. The van der Waals surface area contributed by atoms with Gasteiger partial charge in [-0.2, -0.15) is 0 Å². The first-order valence-electron chi connectivity index (χ1n) is 10.2. The van der Waals surface area contributed by atoms with Crippen molar-refractivity contribution in [1.82, 2.24) is 9.80 Å². The number of amides is 1. The number of ether oxygens (including phenoxy) is 2. The first-order chi connectivity index (χ1) is 15.0. The Morgan fingerprint density at radius 3 is 2.23 bits per heavy atom. The van der Waals surface area contributed by atoms with E-state index in [2.05, 4.69) is 10.2 Å². The van der Waals surface area contributed by atoms with Crippen molar-refractivity contribution >= 4 is 29.2 Å². The maximum atomic E-state index is 12.8. The first-order valence-corrected chi connectivity index (χ1v) is 10.6. The topological polar surface area (TPSA) is 71.1 Å². The number of halogens is 1. The minimum atomic E-state index is -0.571. The minimum Gasteiger partial charge on any atom is -0.495 e. The Hall–Kier alpha value is -2.61. The smallest absolute Gasteiger partial charge is 0.327 e. The Balaban J connectivity index is 1.65. The lowest BCUT2D eigenvalue weighted by Crippen LogP contribution is -2.54. The molecule has 1 saturated heterocycles. The van der Waals surface area contributed by atoms with Crippen LogP contribution in [0.1, 0.15) is 18.5 Å². The van der Waals surface area contributed by atoms with Gasteiger partial charge in [0, 0.05) is 31.2 Å². The van der Waals surface area contributed by atoms with Gasteiger partial charge in [-0.15, -0.1) is 0 Å². The number of esters is 1. The summed E-state index contributed by atoms with van der Waals surface area (Å²) in [5.74, 6) is 0.172. The molecular weight excluding hydrogens is 418 g/mol. The number of piperazine rings is 1. The summed E-state index contributed by atoms with van der Waals surface area (Å²) in [5, 5.41) is 3.47. The summed E-state index contributed by atoms with van der Waals surface area (Å²) >= 11 is 6.35. The second-order valence-electron chi connectivity index (χ2n) is 7.38. The third kappa shape index (κ3) is 5.36. The van der Waals surface area contributed by atoms with Gasteiger partial charge in [-0.25, -0.2) is 4.79 Å². The van der Waals surface area contributed by atoms with Crippen LogP contribution in [0.4, 0.5) is 5.69 Å². The van der Waals surface area contributed by atoms with Gasteiger partial charge in [0.25, 0.3) is 0 Å². The molecule has 1 aliphatic heterocycles. The number of para-hydroxylation sites is 2. The van der Waals surface area contributed by atoms with Crippen LogP contribution in [0.5, 0.6) is 5.75 Å². The van der Waals surface area contributed by atoms with E-state index >= 15 is 0 Å². The normalized spacial score (nSPS) is 16.9. The predicted molar refractivity (Wildman–Crippen MR) is 120 cm³/mol. The molecule has 0 spiro atoms. The molecule has 1 amide bonds. The number of benzene rings is 2. The largest absolute Gasteiger partial charge is 0.495 e. The Morgan fingerprint density at radius 1 is 0.968 bits per heavy atom. The van der Waals surface area contributed by atoms with Crippen LogP contribution in [0.15, 0.2) is 48.5 Å². The maximum Gasteiger partial charge on any atom is 0.327 e. The van der Waals surface area contributed by atoms with Gasteiger partial charge in [0.1, 0.15) is 11.8 Å². The highest BCUT2D eigenvalue weighted by atomic mass is 35.5. The van der Waals surface area contributed by atoms with E-state index in [9.17, 15) is 9.59 Å². The van der Waals surface area contributed by atoms with Gasteiger partial charge in [-0.3, -0.25) is 14.6 Å². The second-order valence-corrected chi connectivity index (χ2v) is 7.79. The van der Waals surface area contributed by atoms with E-state index in [1.165, 1.54) is 7.11 Å². The van der Waals surface area contributed by atoms with Crippen molar-refractivity contribution in [3.05, 3.63) is 59.1 Å². The van der Waals surface area contributed by atoms with Gasteiger partial charge in [0.05, 0.1) is 25.9 Å². The van der Waals surface area contributed by atoms with Crippen molar-refractivity contribution < 1.29 is 19.1 Å². The fourth-order valence-electron chi connectivity index (χ4n) is 3.82. The number of carbonyl (C=O) groups excluding carboxylic acids is 2. The van der Waals surface area contributed by atoms with Crippen molar-refractivity contribution in [1.29, 1.82) is 0 Å². The van der Waals surface area contributed by atoms with E-state index in [0.29, 0.717) is 42.6 Å². The molecule has 0 bridgehead atoms. The monoisotopic (exact) mass is 445 g/mol. The van der Waals surface area contributed by atoms with Crippen LogP contribution < -0.4 is 10.1 Å². The zero-order valence-corrected chi connectivity index (χ0v) is 18.8. The average molecular weight is 446 g/mol. The summed E-state index contributed by atoms with van der Waals surface area (Å²) < 4.78 is 10.4. The molecule has 2 unspecified atom stereocenters. The summed E-state index contributed by atoms with van der Waals surface area (Å²) in [6, 6.07) is 13.7. The van der Waals surface area contributed by atoms with E-state index in [-0.39, 0.29) is 17.9 Å². The Bertz CT molecular complexity index is 915. The summed E-state index contributed by atoms with van der Waals surface area (Å²) in [7, 11) is 2.96. The van der Waals surface area contributed by atoms with E-state index in [0.717, 1.165) is 5.56 Å². The number of methoxy groups -OCH3 is 2. The Labute approximate surface area is 187 Å². The molecule has 8 heteroatoms. The molecule has 166 valence electrons. The summed E-state index contributed by atoms with van der Waals surface area (Å²) in [5.41, 5.74) is 1.37. The molecule has 0 radical (unpaired) electrons. The molecule has 0 aliphatic carbocycles. The molecule has 0 aromatic heterocycles. The van der Waals surface area contributed by atoms with Crippen molar-refractivity contribution in [2.45, 2.75) is 19.0 Å². The number of nitrogens with one attached hydrogen (secondary N) is 1. The van der Waals surface area contributed by atoms with Crippen LogP contribution >= 0.6 is 11.6 Å². The molecule has 2 atom stereocenters. The highest BCUT2D eigenvalue weighted by Gasteiger charge is 2.34. The number of nitrogens with zero attached hydrogens (tertiary/aromatic N) is 2. The van der Waals surface area contributed by atoms with Crippen molar-refractivity contribution in [3.63, 3.8) is 0 Å². The second kappa shape index (κ2) is 10.6. The fraction of sp³-hybridized carbons (Fsp3) is 0.391. The number of carbonyl (C=O) groups is 2. The number of rotatable bonds is 7. The molecule has 2 aromatic carbocycles. The van der Waals surface area contributed by atoms with Gasteiger partial charge >= 0.3 is 5.97 Å². The lowest BCUT2D eigenvalue weighted by atomic mass is 10.0. The van der Waals surface area contributed by atoms with E-state index in [4.69, 9.17) is 21.1 Å². The van der Waals surface area contributed by atoms with Crippen LogP contribution in [0.25, 0.3) is 0 Å². The van der Waals surface area contributed by atoms with Crippen molar-refractivity contribution in [3.8, 4) is 5.75 Å². The Kier molecular flexibility index (Phi) is 7.90. The lowest BCUT2D eigenvalue weighted by Gasteiger charge is -2.40. The van der Waals surface area contributed by atoms with E-state index < -0.39 is 6.04 Å². The van der Waals surface area contributed by atoms with Gasteiger partial charge in [0.15, 0.2) is 0 Å².